The first-order valence-corrected chi connectivity index (χ1v) is 9.97. The zero-order chi connectivity index (χ0) is 18.7. The molecule has 1 aliphatic rings. The summed E-state index contributed by atoms with van der Waals surface area (Å²) in [6.45, 7) is 2.78. The first-order valence-electron chi connectivity index (χ1n) is 8.15. The lowest BCUT2D eigenvalue weighted by atomic mass is 10.2. The van der Waals surface area contributed by atoms with E-state index < -0.39 is 10.0 Å². The number of benzene rings is 2. The molecule has 1 fully saturated rings. The molecule has 1 aliphatic heterocycles. The minimum absolute atomic E-state index is 0.0929. The molecule has 0 aliphatic carbocycles. The number of halogens is 1. The Balaban J connectivity index is 1.81. The number of amides is 1. The van der Waals surface area contributed by atoms with Gasteiger partial charge >= 0.3 is 0 Å². The van der Waals surface area contributed by atoms with Gasteiger partial charge in [0.2, 0.25) is 10.0 Å². The van der Waals surface area contributed by atoms with Crippen molar-refractivity contribution in [1.29, 1.82) is 0 Å². The maximum Gasteiger partial charge on any atom is 0.255 e. The van der Waals surface area contributed by atoms with Gasteiger partial charge in [-0.2, -0.15) is 4.31 Å². The number of nitrogens with one attached hydrogen (secondary N) is 1. The van der Waals surface area contributed by atoms with Gasteiger partial charge in [-0.15, -0.1) is 0 Å². The van der Waals surface area contributed by atoms with Crippen molar-refractivity contribution in [1.82, 2.24) is 4.31 Å². The van der Waals surface area contributed by atoms with Crippen LogP contribution in [0.2, 0.25) is 5.02 Å². The van der Waals surface area contributed by atoms with E-state index in [-0.39, 0.29) is 22.5 Å². The second-order valence-corrected chi connectivity index (χ2v) is 8.41. The van der Waals surface area contributed by atoms with Crippen molar-refractivity contribution >= 4 is 33.2 Å². The molecule has 1 heterocycles. The minimum Gasteiger partial charge on any atom is -0.376 e. The molecule has 6 nitrogen and oxygen atoms in total. The molecule has 26 heavy (non-hydrogen) atoms. The van der Waals surface area contributed by atoms with Crippen molar-refractivity contribution in [3.63, 3.8) is 0 Å². The van der Waals surface area contributed by atoms with E-state index in [1.165, 1.54) is 16.4 Å². The molecular weight excluding hydrogens is 376 g/mol. The molecule has 1 saturated heterocycles. The van der Waals surface area contributed by atoms with Gasteiger partial charge in [-0.3, -0.25) is 4.79 Å². The van der Waals surface area contributed by atoms with Gasteiger partial charge in [0.25, 0.3) is 5.91 Å². The molecule has 8 heteroatoms. The number of carbonyl (C=O) groups is 1. The van der Waals surface area contributed by atoms with Crippen molar-refractivity contribution in [2.75, 3.05) is 25.0 Å². The summed E-state index contributed by atoms with van der Waals surface area (Å²) in [6, 6.07) is 12.7. The molecule has 0 radical (unpaired) electrons. The van der Waals surface area contributed by atoms with Crippen LogP contribution in [0.1, 0.15) is 17.3 Å². The molecule has 1 amide bonds. The predicted octanol–water partition coefficient (Wildman–Crippen LogP) is 3.00. The van der Waals surface area contributed by atoms with Crippen LogP contribution in [0.5, 0.6) is 0 Å². The second-order valence-electron chi connectivity index (χ2n) is 6.03. The maximum atomic E-state index is 12.8. The monoisotopic (exact) mass is 394 g/mol. The topological polar surface area (TPSA) is 75.7 Å². The van der Waals surface area contributed by atoms with Crippen LogP contribution in [0, 0.1) is 0 Å². The number of ether oxygens (including phenoxy) is 1. The molecule has 0 aromatic heterocycles. The van der Waals surface area contributed by atoms with Crippen molar-refractivity contribution in [2.45, 2.75) is 17.9 Å². The third-order valence-electron chi connectivity index (χ3n) is 4.04. The predicted molar refractivity (Wildman–Crippen MR) is 100 cm³/mol. The zero-order valence-corrected chi connectivity index (χ0v) is 15.8. The van der Waals surface area contributed by atoms with Gasteiger partial charge in [0.05, 0.1) is 17.6 Å². The summed E-state index contributed by atoms with van der Waals surface area (Å²) in [5.41, 5.74) is 0.844. The molecule has 0 spiro atoms. The maximum absolute atomic E-state index is 12.8. The van der Waals surface area contributed by atoms with Crippen LogP contribution in [0.15, 0.2) is 53.4 Å². The van der Waals surface area contributed by atoms with E-state index in [0.29, 0.717) is 30.4 Å². The van der Waals surface area contributed by atoms with E-state index in [2.05, 4.69) is 5.32 Å². The smallest absolute Gasteiger partial charge is 0.255 e. The van der Waals surface area contributed by atoms with Crippen LogP contribution >= 0.6 is 11.6 Å². The number of morpholine rings is 1. The standard InChI is InChI=1S/C18H19ClN2O4S/c1-13-12-21(9-10-25-13)26(23,24)17-4-2-3-14(11-17)18(22)20-16-7-5-15(19)6-8-16/h2-8,11,13H,9-10,12H2,1H3,(H,20,22). The Morgan fingerprint density at radius 2 is 1.96 bits per heavy atom. The SMILES string of the molecule is CC1CN(S(=O)(=O)c2cccc(C(=O)Nc3ccc(Cl)cc3)c2)CCO1. The van der Waals surface area contributed by atoms with Crippen molar-refractivity contribution in [3.8, 4) is 0 Å². The number of sulfonamides is 1. The highest BCUT2D eigenvalue weighted by atomic mass is 35.5. The number of rotatable bonds is 4. The van der Waals surface area contributed by atoms with E-state index in [4.69, 9.17) is 16.3 Å². The van der Waals surface area contributed by atoms with Crippen molar-refractivity contribution in [2.24, 2.45) is 0 Å². The molecule has 3 rings (SSSR count). The Morgan fingerprint density at radius 3 is 2.65 bits per heavy atom. The molecule has 1 atom stereocenters. The first-order chi connectivity index (χ1) is 12.4. The van der Waals surface area contributed by atoms with Gasteiger partial charge < -0.3 is 10.1 Å². The second kappa shape index (κ2) is 7.75. The third kappa shape index (κ3) is 4.24. The first kappa shape index (κ1) is 18.8. The Bertz CT molecular complexity index is 900. The highest BCUT2D eigenvalue weighted by Gasteiger charge is 2.29. The van der Waals surface area contributed by atoms with Gasteiger partial charge in [0.15, 0.2) is 0 Å². The van der Waals surface area contributed by atoms with Crippen LogP contribution in [0.3, 0.4) is 0 Å². The normalized spacial score (nSPS) is 18.5. The number of nitrogens with zero attached hydrogens (tertiary/aromatic N) is 1. The largest absolute Gasteiger partial charge is 0.376 e. The van der Waals surface area contributed by atoms with Gasteiger partial charge in [0.1, 0.15) is 0 Å². The van der Waals surface area contributed by atoms with Crippen molar-refractivity contribution in [3.05, 3.63) is 59.1 Å². The summed E-state index contributed by atoms with van der Waals surface area (Å²) in [5, 5.41) is 3.29. The Labute approximate surface area is 157 Å². The van der Waals surface area contributed by atoms with Crippen molar-refractivity contribution < 1.29 is 17.9 Å². The number of hydrogen-bond donors (Lipinski definition) is 1. The molecule has 138 valence electrons. The number of hydrogen-bond acceptors (Lipinski definition) is 4. The fourth-order valence-corrected chi connectivity index (χ4v) is 4.36. The summed E-state index contributed by atoms with van der Waals surface area (Å²) in [5.74, 6) is -0.389. The fraction of sp³-hybridized carbons (Fsp3) is 0.278. The average Bonchev–Trinajstić information content (AvgIpc) is 2.63. The molecular formula is C18H19ClN2O4S. The lowest BCUT2D eigenvalue weighted by Gasteiger charge is -2.30. The minimum atomic E-state index is -3.67. The van der Waals surface area contributed by atoms with Gasteiger partial charge in [-0.25, -0.2) is 8.42 Å². The summed E-state index contributed by atoms with van der Waals surface area (Å²) in [4.78, 5) is 12.5. The van der Waals surface area contributed by atoms with Crippen LogP contribution in [0.4, 0.5) is 5.69 Å². The highest BCUT2D eigenvalue weighted by Crippen LogP contribution is 2.21. The molecule has 0 bridgehead atoms. The van der Waals surface area contributed by atoms with Gasteiger partial charge in [0, 0.05) is 29.4 Å². The zero-order valence-electron chi connectivity index (χ0n) is 14.2. The molecule has 2 aromatic carbocycles. The number of carbonyl (C=O) groups excluding carboxylic acids is 1. The van der Waals surface area contributed by atoms with E-state index in [9.17, 15) is 13.2 Å². The van der Waals surface area contributed by atoms with Crippen LogP contribution < -0.4 is 5.32 Å². The fourth-order valence-electron chi connectivity index (χ4n) is 2.69. The average molecular weight is 395 g/mol. The Kier molecular flexibility index (Phi) is 5.62. The van der Waals surface area contributed by atoms with E-state index in [0.717, 1.165) is 0 Å². The molecule has 0 saturated carbocycles. The summed E-state index contributed by atoms with van der Waals surface area (Å²) in [7, 11) is -3.67. The molecule has 1 N–H and O–H groups in total. The highest BCUT2D eigenvalue weighted by molar-refractivity contribution is 7.89. The van der Waals surface area contributed by atoms with Gasteiger partial charge in [-0.1, -0.05) is 17.7 Å². The summed E-state index contributed by atoms with van der Waals surface area (Å²) < 4.78 is 32.4. The molecule has 1 unspecified atom stereocenters. The third-order valence-corrected chi connectivity index (χ3v) is 6.15. The molecule has 2 aromatic rings. The summed E-state index contributed by atoms with van der Waals surface area (Å²) in [6.07, 6.45) is -0.157. The van der Waals surface area contributed by atoms with Crippen LogP contribution in [-0.2, 0) is 14.8 Å². The van der Waals surface area contributed by atoms with E-state index in [1.807, 2.05) is 6.92 Å². The Hall–Kier alpha value is -1.93. The lowest BCUT2D eigenvalue weighted by molar-refractivity contribution is 0.0102. The van der Waals surface area contributed by atoms with E-state index >= 15 is 0 Å². The quantitative estimate of drug-likeness (QED) is 0.864. The Morgan fingerprint density at radius 1 is 1.23 bits per heavy atom. The number of anilines is 1. The van der Waals surface area contributed by atoms with Crippen LogP contribution in [0.25, 0.3) is 0 Å². The van der Waals surface area contributed by atoms with Crippen LogP contribution in [-0.4, -0.2) is 44.4 Å². The van der Waals surface area contributed by atoms with E-state index in [1.54, 1.807) is 36.4 Å². The van der Waals surface area contributed by atoms with Gasteiger partial charge in [-0.05, 0) is 49.4 Å². The lowest BCUT2D eigenvalue weighted by Crippen LogP contribution is -2.44. The summed E-state index contributed by atoms with van der Waals surface area (Å²) >= 11 is 5.83.